The molecule has 0 aliphatic carbocycles. The van der Waals surface area contributed by atoms with Crippen molar-refractivity contribution in [3.63, 3.8) is 0 Å². The summed E-state index contributed by atoms with van der Waals surface area (Å²) in [5.74, 6) is 0.00186. The van der Waals surface area contributed by atoms with Gasteiger partial charge >= 0.3 is 0 Å². The van der Waals surface area contributed by atoms with E-state index in [1.165, 1.54) is 11.3 Å². The Labute approximate surface area is 149 Å². The van der Waals surface area contributed by atoms with Gasteiger partial charge in [0.05, 0.1) is 18.2 Å². The third-order valence-corrected chi connectivity index (χ3v) is 5.06. The number of aromatic nitrogens is 1. The Hall–Kier alpha value is -1.92. The maximum absolute atomic E-state index is 12.2. The molecule has 2 amide bonds. The molecule has 1 aliphatic heterocycles. The van der Waals surface area contributed by atoms with E-state index in [0.717, 1.165) is 12.0 Å². The van der Waals surface area contributed by atoms with Gasteiger partial charge in [0, 0.05) is 23.4 Å². The number of rotatable bonds is 5. The number of carbonyl (C=O) groups is 2. The summed E-state index contributed by atoms with van der Waals surface area (Å²) in [6.45, 7) is 2.63. The number of thiazole rings is 1. The van der Waals surface area contributed by atoms with E-state index in [9.17, 15) is 9.59 Å². The smallest absolute Gasteiger partial charge is 0.228 e. The molecular weight excluding hydrogens is 346 g/mol. The van der Waals surface area contributed by atoms with Crippen LogP contribution in [-0.2, 0) is 16.0 Å². The fourth-order valence-corrected chi connectivity index (χ4v) is 3.73. The Kier molecular flexibility index (Phi) is 5.16. The number of hydrogen-bond donors (Lipinski definition) is 1. The van der Waals surface area contributed by atoms with Crippen molar-refractivity contribution in [2.75, 3.05) is 11.4 Å². The van der Waals surface area contributed by atoms with E-state index in [0.29, 0.717) is 28.8 Å². The van der Waals surface area contributed by atoms with Crippen molar-refractivity contribution in [1.29, 1.82) is 0 Å². The molecule has 1 aromatic heterocycles. The molecule has 1 N–H and O–H groups in total. The number of hydrogen-bond acceptors (Lipinski definition) is 4. The standard InChI is InChI=1S/C17H18ClN3O2S/c1-11(12-4-2-5-13(18)8-12)19-15(22)9-14-10-24-17(20-14)21-7-3-6-16(21)23/h2,4-5,8,10-11H,3,6-7,9H2,1H3,(H,19,22). The summed E-state index contributed by atoms with van der Waals surface area (Å²) in [6, 6.07) is 7.30. The maximum Gasteiger partial charge on any atom is 0.228 e. The fourth-order valence-electron chi connectivity index (χ4n) is 2.67. The third kappa shape index (κ3) is 3.94. The molecule has 0 saturated carbocycles. The average Bonchev–Trinajstić information content (AvgIpc) is 3.15. The Balaban J connectivity index is 1.59. The lowest BCUT2D eigenvalue weighted by Crippen LogP contribution is -2.28. The van der Waals surface area contributed by atoms with Crippen molar-refractivity contribution in [3.8, 4) is 0 Å². The summed E-state index contributed by atoms with van der Waals surface area (Å²) in [7, 11) is 0. The van der Waals surface area contributed by atoms with E-state index in [1.807, 2.05) is 30.5 Å². The molecule has 5 nitrogen and oxygen atoms in total. The summed E-state index contributed by atoms with van der Waals surface area (Å²) >= 11 is 7.38. The van der Waals surface area contributed by atoms with Crippen molar-refractivity contribution < 1.29 is 9.59 Å². The van der Waals surface area contributed by atoms with Crippen LogP contribution in [0.25, 0.3) is 0 Å². The molecule has 24 heavy (non-hydrogen) atoms. The van der Waals surface area contributed by atoms with Gasteiger partial charge in [0.25, 0.3) is 0 Å². The van der Waals surface area contributed by atoms with Crippen LogP contribution in [0.5, 0.6) is 0 Å². The second-order valence-corrected chi connectivity index (χ2v) is 7.06. The van der Waals surface area contributed by atoms with Gasteiger partial charge in [-0.05, 0) is 31.0 Å². The van der Waals surface area contributed by atoms with Crippen LogP contribution >= 0.6 is 22.9 Å². The van der Waals surface area contributed by atoms with Gasteiger partial charge in [0.2, 0.25) is 11.8 Å². The summed E-state index contributed by atoms with van der Waals surface area (Å²) in [6.07, 6.45) is 1.64. The van der Waals surface area contributed by atoms with Crippen LogP contribution in [0.15, 0.2) is 29.6 Å². The predicted molar refractivity (Wildman–Crippen MR) is 95.4 cm³/mol. The number of anilines is 1. The van der Waals surface area contributed by atoms with Gasteiger partial charge in [0.15, 0.2) is 5.13 Å². The number of carbonyl (C=O) groups excluding carboxylic acids is 2. The number of amides is 2. The lowest BCUT2D eigenvalue weighted by molar-refractivity contribution is -0.121. The van der Waals surface area contributed by atoms with Gasteiger partial charge in [-0.15, -0.1) is 11.3 Å². The summed E-state index contributed by atoms with van der Waals surface area (Å²) < 4.78 is 0. The molecule has 2 heterocycles. The van der Waals surface area contributed by atoms with Crippen LogP contribution in [0, 0.1) is 0 Å². The first-order chi connectivity index (χ1) is 11.5. The molecule has 1 aromatic carbocycles. The van der Waals surface area contributed by atoms with E-state index in [1.54, 1.807) is 11.0 Å². The number of nitrogens with zero attached hydrogens (tertiary/aromatic N) is 2. The maximum atomic E-state index is 12.2. The lowest BCUT2D eigenvalue weighted by Gasteiger charge is -2.14. The fraction of sp³-hybridized carbons (Fsp3) is 0.353. The molecule has 1 aliphatic rings. The van der Waals surface area contributed by atoms with E-state index < -0.39 is 0 Å². The van der Waals surface area contributed by atoms with Gasteiger partial charge in [0.1, 0.15) is 0 Å². The molecule has 0 radical (unpaired) electrons. The molecule has 3 rings (SSSR count). The molecular formula is C17H18ClN3O2S. The molecule has 7 heteroatoms. The normalized spacial score (nSPS) is 15.6. The van der Waals surface area contributed by atoms with Gasteiger partial charge in [-0.3, -0.25) is 14.5 Å². The number of nitrogens with one attached hydrogen (secondary N) is 1. The summed E-state index contributed by atoms with van der Waals surface area (Å²) in [4.78, 5) is 30.1. The molecule has 1 fully saturated rings. The number of halogens is 1. The van der Waals surface area contributed by atoms with Crippen molar-refractivity contribution in [3.05, 3.63) is 45.9 Å². The Morgan fingerprint density at radius 1 is 1.50 bits per heavy atom. The Morgan fingerprint density at radius 3 is 3.04 bits per heavy atom. The quantitative estimate of drug-likeness (QED) is 0.886. The zero-order valence-electron chi connectivity index (χ0n) is 13.3. The average molecular weight is 364 g/mol. The highest BCUT2D eigenvalue weighted by atomic mass is 35.5. The van der Waals surface area contributed by atoms with Crippen LogP contribution in [0.4, 0.5) is 5.13 Å². The summed E-state index contributed by atoms with van der Waals surface area (Å²) in [5.41, 5.74) is 1.64. The van der Waals surface area contributed by atoms with Gasteiger partial charge < -0.3 is 5.32 Å². The van der Waals surface area contributed by atoms with Crippen LogP contribution in [0.1, 0.15) is 37.1 Å². The Bertz CT molecular complexity index is 762. The molecule has 126 valence electrons. The minimum absolute atomic E-state index is 0.105. The first kappa shape index (κ1) is 16.9. The zero-order chi connectivity index (χ0) is 17.1. The van der Waals surface area contributed by atoms with Crippen molar-refractivity contribution in [2.45, 2.75) is 32.2 Å². The van der Waals surface area contributed by atoms with Crippen molar-refractivity contribution in [2.24, 2.45) is 0 Å². The molecule has 0 spiro atoms. The third-order valence-electron chi connectivity index (χ3n) is 3.91. The van der Waals surface area contributed by atoms with E-state index in [-0.39, 0.29) is 24.3 Å². The number of benzene rings is 1. The molecule has 1 saturated heterocycles. The molecule has 1 unspecified atom stereocenters. The molecule has 1 atom stereocenters. The highest BCUT2D eigenvalue weighted by Crippen LogP contribution is 2.25. The largest absolute Gasteiger partial charge is 0.349 e. The Morgan fingerprint density at radius 2 is 2.33 bits per heavy atom. The first-order valence-corrected chi connectivity index (χ1v) is 9.08. The lowest BCUT2D eigenvalue weighted by atomic mass is 10.1. The van der Waals surface area contributed by atoms with Crippen molar-refractivity contribution >= 4 is 39.9 Å². The molecule has 2 aromatic rings. The minimum Gasteiger partial charge on any atom is -0.349 e. The SMILES string of the molecule is CC(NC(=O)Cc1csc(N2CCCC2=O)n1)c1cccc(Cl)c1. The predicted octanol–water partition coefficient (Wildman–Crippen LogP) is 3.34. The van der Waals surface area contributed by atoms with Crippen LogP contribution < -0.4 is 10.2 Å². The van der Waals surface area contributed by atoms with E-state index in [2.05, 4.69) is 10.3 Å². The van der Waals surface area contributed by atoms with Crippen LogP contribution in [0.3, 0.4) is 0 Å². The van der Waals surface area contributed by atoms with Gasteiger partial charge in [-0.25, -0.2) is 4.98 Å². The molecule has 0 bridgehead atoms. The first-order valence-electron chi connectivity index (χ1n) is 7.82. The van der Waals surface area contributed by atoms with E-state index >= 15 is 0 Å². The monoisotopic (exact) mass is 363 g/mol. The van der Waals surface area contributed by atoms with Gasteiger partial charge in [-0.2, -0.15) is 0 Å². The topological polar surface area (TPSA) is 62.3 Å². The van der Waals surface area contributed by atoms with Crippen LogP contribution in [0.2, 0.25) is 5.02 Å². The highest BCUT2D eigenvalue weighted by molar-refractivity contribution is 7.14. The van der Waals surface area contributed by atoms with Crippen molar-refractivity contribution in [1.82, 2.24) is 10.3 Å². The van der Waals surface area contributed by atoms with E-state index in [4.69, 9.17) is 11.6 Å². The minimum atomic E-state index is -0.130. The second kappa shape index (κ2) is 7.32. The second-order valence-electron chi connectivity index (χ2n) is 5.79. The van der Waals surface area contributed by atoms with Crippen LogP contribution in [-0.4, -0.2) is 23.3 Å². The summed E-state index contributed by atoms with van der Waals surface area (Å²) in [5, 5.41) is 6.11. The van der Waals surface area contributed by atoms with Gasteiger partial charge in [-0.1, -0.05) is 23.7 Å². The zero-order valence-corrected chi connectivity index (χ0v) is 14.9. The highest BCUT2D eigenvalue weighted by Gasteiger charge is 2.24.